The largest absolute Gasteiger partial charge is 0.487 e. The summed E-state index contributed by atoms with van der Waals surface area (Å²) in [4.78, 5) is 30.5. The summed E-state index contributed by atoms with van der Waals surface area (Å²) in [6.07, 6.45) is 9.79. The van der Waals surface area contributed by atoms with E-state index in [1.54, 1.807) is 35.9 Å². The number of piperazine rings is 1. The Kier molecular flexibility index (Phi) is 8.99. The van der Waals surface area contributed by atoms with Crippen LogP contribution in [0.1, 0.15) is 24.1 Å². The van der Waals surface area contributed by atoms with Crippen LogP contribution < -0.4 is 9.64 Å². The Morgan fingerprint density at radius 3 is 2.52 bits per heavy atom. The monoisotopic (exact) mass is 705 g/mol. The summed E-state index contributed by atoms with van der Waals surface area (Å²) in [7, 11) is -4.15. The van der Waals surface area contributed by atoms with Crippen molar-refractivity contribution in [3.05, 3.63) is 101 Å². The summed E-state index contributed by atoms with van der Waals surface area (Å²) in [5.74, 6) is 0.306. The second kappa shape index (κ2) is 13.3. The zero-order chi connectivity index (χ0) is 33.4. The van der Waals surface area contributed by atoms with Gasteiger partial charge in [-0.2, -0.15) is 4.31 Å². The predicted octanol–water partition coefficient (Wildman–Crippen LogP) is 5.51. The molecule has 48 heavy (non-hydrogen) atoms. The minimum atomic E-state index is -4.15. The molecule has 2 fully saturated rings. The topological polar surface area (TPSA) is 114 Å². The van der Waals surface area contributed by atoms with E-state index in [0.717, 1.165) is 22.5 Å². The first kappa shape index (κ1) is 32.3. The molecule has 0 aliphatic carbocycles. The second-order valence-electron chi connectivity index (χ2n) is 11.8. The van der Waals surface area contributed by atoms with Gasteiger partial charge in [0.2, 0.25) is 15.9 Å². The van der Waals surface area contributed by atoms with Crippen molar-refractivity contribution >= 4 is 55.7 Å². The van der Waals surface area contributed by atoms with E-state index in [2.05, 4.69) is 14.9 Å². The average Bonchev–Trinajstić information content (AvgIpc) is 3.82. The SMILES string of the molecule is Cc1cc(-n2ccnc2)c2cccc(OCc3c(Cl)ccc(S(=O)(=O)N4CCC[C@H]4C(=O)N4CCN(c5ccncc5)CC4)c3Cl)c2n1. The molecule has 2 aliphatic heterocycles. The van der Waals surface area contributed by atoms with Gasteiger partial charge >= 0.3 is 0 Å². The number of ether oxygens (including phenoxy) is 1. The number of pyridine rings is 2. The number of aromatic nitrogens is 4. The quantitative estimate of drug-likeness (QED) is 0.208. The first-order valence-corrected chi connectivity index (χ1v) is 17.9. The highest BCUT2D eigenvalue weighted by Gasteiger charge is 2.42. The number of anilines is 1. The summed E-state index contributed by atoms with van der Waals surface area (Å²) >= 11 is 13.4. The van der Waals surface area contributed by atoms with Crippen LogP contribution in [-0.2, 0) is 21.4 Å². The van der Waals surface area contributed by atoms with Crippen molar-refractivity contribution in [3.63, 3.8) is 0 Å². The average molecular weight is 707 g/mol. The molecule has 2 saturated heterocycles. The zero-order valence-corrected chi connectivity index (χ0v) is 28.5. The molecule has 0 saturated carbocycles. The molecule has 7 rings (SSSR count). The lowest BCUT2D eigenvalue weighted by Crippen LogP contribution is -2.54. The molecule has 0 N–H and O–H groups in total. The van der Waals surface area contributed by atoms with E-state index < -0.39 is 16.1 Å². The highest BCUT2D eigenvalue weighted by Crippen LogP contribution is 2.37. The summed E-state index contributed by atoms with van der Waals surface area (Å²) in [5, 5.41) is 1.09. The second-order valence-corrected chi connectivity index (χ2v) is 14.5. The van der Waals surface area contributed by atoms with Gasteiger partial charge in [0, 0.05) is 84.9 Å². The Hall–Kier alpha value is -4.23. The van der Waals surface area contributed by atoms with Gasteiger partial charge in [0.25, 0.3) is 0 Å². The maximum atomic E-state index is 14.1. The lowest BCUT2D eigenvalue weighted by molar-refractivity contribution is -0.134. The number of carbonyl (C=O) groups excluding carboxylic acids is 1. The first-order valence-electron chi connectivity index (χ1n) is 15.7. The third-order valence-electron chi connectivity index (χ3n) is 8.91. The van der Waals surface area contributed by atoms with Gasteiger partial charge in [0.1, 0.15) is 28.8 Å². The van der Waals surface area contributed by atoms with E-state index in [4.69, 9.17) is 32.9 Å². The van der Waals surface area contributed by atoms with Crippen molar-refractivity contribution in [1.29, 1.82) is 0 Å². The number of hydrogen-bond acceptors (Lipinski definition) is 8. The number of amides is 1. The van der Waals surface area contributed by atoms with Crippen LogP contribution >= 0.6 is 23.2 Å². The van der Waals surface area contributed by atoms with Crippen LogP contribution in [0.4, 0.5) is 5.69 Å². The van der Waals surface area contributed by atoms with E-state index in [9.17, 15) is 13.2 Å². The minimum Gasteiger partial charge on any atom is -0.487 e. The molecule has 2 aromatic carbocycles. The lowest BCUT2D eigenvalue weighted by atomic mass is 10.1. The number of sulfonamides is 1. The normalized spacial score (nSPS) is 17.3. The number of benzene rings is 2. The number of para-hydroxylation sites is 1. The summed E-state index contributed by atoms with van der Waals surface area (Å²) in [6, 6.07) is 13.6. The van der Waals surface area contributed by atoms with Crippen LogP contribution in [0.2, 0.25) is 10.0 Å². The van der Waals surface area contributed by atoms with Gasteiger partial charge in [-0.3, -0.25) is 9.78 Å². The maximum Gasteiger partial charge on any atom is 0.245 e. The summed E-state index contributed by atoms with van der Waals surface area (Å²) < 4.78 is 37.7. The molecule has 0 radical (unpaired) electrons. The van der Waals surface area contributed by atoms with Crippen LogP contribution in [0.3, 0.4) is 0 Å². The molecule has 0 spiro atoms. The molecule has 1 amide bonds. The van der Waals surface area contributed by atoms with Crippen LogP contribution in [0.25, 0.3) is 16.6 Å². The van der Waals surface area contributed by atoms with Gasteiger partial charge in [0.15, 0.2) is 0 Å². The number of rotatable bonds is 8. The molecule has 5 heterocycles. The van der Waals surface area contributed by atoms with Crippen molar-refractivity contribution in [2.75, 3.05) is 37.6 Å². The van der Waals surface area contributed by atoms with Gasteiger partial charge in [-0.25, -0.2) is 18.4 Å². The van der Waals surface area contributed by atoms with E-state index in [0.29, 0.717) is 55.9 Å². The molecule has 2 aliphatic rings. The maximum absolute atomic E-state index is 14.1. The van der Waals surface area contributed by atoms with Crippen molar-refractivity contribution < 1.29 is 17.9 Å². The number of nitrogens with zero attached hydrogens (tertiary/aromatic N) is 7. The highest BCUT2D eigenvalue weighted by molar-refractivity contribution is 7.89. The molecular formula is C34H33Cl2N7O4S. The fourth-order valence-corrected chi connectivity index (χ4v) is 8.98. The molecule has 0 unspecified atom stereocenters. The standard InChI is InChI=1S/C34H33Cl2N7O4S/c1-23-20-29(42-15-13-38-22-42)25-4-2-6-30(33(25)39-23)47-21-26-27(35)7-8-31(32(26)36)48(45,46)43-14-3-5-28(43)34(44)41-18-16-40(17-19-41)24-9-11-37-12-10-24/h2,4,6-13,15,20,22,28H,3,5,14,16-19,21H2,1H3/t28-/m0/s1. The van der Waals surface area contributed by atoms with Crippen LogP contribution in [0, 0.1) is 6.92 Å². The number of aryl methyl sites for hydroxylation is 1. The summed E-state index contributed by atoms with van der Waals surface area (Å²) in [5.41, 5.74) is 3.70. The Balaban J connectivity index is 1.11. The minimum absolute atomic E-state index is 0.0324. The molecule has 11 nitrogen and oxygen atoms in total. The van der Waals surface area contributed by atoms with Crippen molar-refractivity contribution in [2.24, 2.45) is 0 Å². The molecule has 1 atom stereocenters. The van der Waals surface area contributed by atoms with Gasteiger partial charge in [0.05, 0.1) is 17.0 Å². The smallest absolute Gasteiger partial charge is 0.245 e. The van der Waals surface area contributed by atoms with Gasteiger partial charge < -0.3 is 19.1 Å². The molecule has 0 bridgehead atoms. The van der Waals surface area contributed by atoms with Gasteiger partial charge in [-0.05, 0) is 56.2 Å². The van der Waals surface area contributed by atoms with E-state index in [1.165, 1.54) is 16.4 Å². The Labute approximate surface area is 288 Å². The van der Waals surface area contributed by atoms with Crippen LogP contribution in [-0.4, -0.2) is 81.8 Å². The van der Waals surface area contributed by atoms with Gasteiger partial charge in [-0.1, -0.05) is 35.3 Å². The first-order chi connectivity index (χ1) is 23.2. The fraction of sp³-hybridized carbons (Fsp3) is 0.294. The third kappa shape index (κ3) is 6.09. The number of fused-ring (bicyclic) bond motifs is 1. The third-order valence-corrected chi connectivity index (χ3v) is 11.8. The van der Waals surface area contributed by atoms with E-state index in [1.807, 2.05) is 48.0 Å². The van der Waals surface area contributed by atoms with E-state index in [-0.39, 0.29) is 34.0 Å². The number of halogens is 2. The molecular weight excluding hydrogens is 673 g/mol. The molecule has 248 valence electrons. The zero-order valence-electron chi connectivity index (χ0n) is 26.2. The molecule has 5 aromatic rings. The van der Waals surface area contributed by atoms with Crippen LogP contribution in [0.5, 0.6) is 5.75 Å². The predicted molar refractivity (Wildman–Crippen MR) is 184 cm³/mol. The van der Waals surface area contributed by atoms with Crippen molar-refractivity contribution in [2.45, 2.75) is 37.3 Å². The van der Waals surface area contributed by atoms with Crippen LogP contribution in [0.15, 0.2) is 84.5 Å². The molecule has 3 aromatic heterocycles. The fourth-order valence-electron chi connectivity index (χ4n) is 6.47. The number of carbonyl (C=O) groups is 1. The molecule has 14 heteroatoms. The Morgan fingerprint density at radius 1 is 0.979 bits per heavy atom. The van der Waals surface area contributed by atoms with Crippen molar-refractivity contribution in [3.8, 4) is 11.4 Å². The summed E-state index contributed by atoms with van der Waals surface area (Å²) in [6.45, 7) is 4.33. The number of imidazole rings is 1. The lowest BCUT2D eigenvalue weighted by Gasteiger charge is -2.38. The van der Waals surface area contributed by atoms with Crippen molar-refractivity contribution in [1.82, 2.24) is 28.7 Å². The number of hydrogen-bond donors (Lipinski definition) is 0. The van der Waals surface area contributed by atoms with E-state index >= 15 is 0 Å². The Bertz CT molecular complexity index is 2070. The van der Waals surface area contributed by atoms with Gasteiger partial charge in [-0.15, -0.1) is 0 Å². The highest BCUT2D eigenvalue weighted by atomic mass is 35.5. The Morgan fingerprint density at radius 2 is 1.77 bits per heavy atom.